The Morgan fingerprint density at radius 3 is 2.54 bits per heavy atom. The van der Waals surface area contributed by atoms with Crippen molar-refractivity contribution in [1.82, 2.24) is 0 Å². The molecule has 0 nitrogen and oxygen atoms in total. The molecule has 3 heteroatoms. The van der Waals surface area contributed by atoms with E-state index in [-0.39, 0.29) is 3.57 Å². The van der Waals surface area contributed by atoms with Gasteiger partial charge in [-0.3, -0.25) is 0 Å². The Bertz CT molecular complexity index is 466. The van der Waals surface area contributed by atoms with E-state index in [9.17, 15) is 8.78 Å². The fourth-order valence-corrected chi connectivity index (χ4v) is 1.69. The first-order chi connectivity index (χ1) is 6.20. The summed E-state index contributed by atoms with van der Waals surface area (Å²) in [6.45, 7) is 0. The topological polar surface area (TPSA) is 0 Å². The predicted octanol–water partition coefficient (Wildman–Crippen LogP) is 3.72. The van der Waals surface area contributed by atoms with Crippen molar-refractivity contribution in [3.63, 3.8) is 0 Å². The second kappa shape index (κ2) is 3.21. The molecule has 0 amide bonds. The summed E-state index contributed by atoms with van der Waals surface area (Å²) in [4.78, 5) is 0. The summed E-state index contributed by atoms with van der Waals surface area (Å²) in [5, 5.41) is 1.06. The van der Waals surface area contributed by atoms with Crippen molar-refractivity contribution in [3.05, 3.63) is 45.5 Å². The molecule has 0 aliphatic rings. The number of fused-ring (bicyclic) bond motifs is 1. The molecule has 0 unspecified atom stereocenters. The Morgan fingerprint density at radius 2 is 1.77 bits per heavy atom. The van der Waals surface area contributed by atoms with Crippen LogP contribution < -0.4 is 0 Å². The van der Waals surface area contributed by atoms with E-state index >= 15 is 0 Å². The van der Waals surface area contributed by atoms with Crippen LogP contribution in [-0.2, 0) is 0 Å². The summed E-state index contributed by atoms with van der Waals surface area (Å²) < 4.78 is 26.5. The SMILES string of the molecule is Fc1cc2ccccc2c(F)c1I. The van der Waals surface area contributed by atoms with E-state index in [1.807, 2.05) is 0 Å². The number of hydrogen-bond acceptors (Lipinski definition) is 0. The first-order valence-electron chi connectivity index (χ1n) is 3.72. The van der Waals surface area contributed by atoms with Crippen molar-refractivity contribution in [1.29, 1.82) is 0 Å². The molecular formula is C10H5F2I. The van der Waals surface area contributed by atoms with Gasteiger partial charge in [-0.15, -0.1) is 0 Å². The Kier molecular flexibility index (Phi) is 2.19. The molecule has 0 aliphatic carbocycles. The molecule has 66 valence electrons. The van der Waals surface area contributed by atoms with Crippen LogP contribution in [0.3, 0.4) is 0 Å². The van der Waals surface area contributed by atoms with E-state index in [4.69, 9.17) is 0 Å². The molecule has 0 N–H and O–H groups in total. The largest absolute Gasteiger partial charge is 0.206 e. The third-order valence-electron chi connectivity index (χ3n) is 1.88. The summed E-state index contributed by atoms with van der Waals surface area (Å²) in [6.07, 6.45) is 0. The molecule has 0 heterocycles. The monoisotopic (exact) mass is 290 g/mol. The molecule has 0 fully saturated rings. The van der Waals surface area contributed by atoms with E-state index in [2.05, 4.69) is 0 Å². The van der Waals surface area contributed by atoms with E-state index in [1.54, 1.807) is 46.9 Å². The average Bonchev–Trinajstić information content (AvgIpc) is 2.15. The maximum atomic E-state index is 13.4. The number of hydrogen-bond donors (Lipinski definition) is 0. The minimum absolute atomic E-state index is 0.0521. The average molecular weight is 290 g/mol. The van der Waals surface area contributed by atoms with E-state index in [0.29, 0.717) is 10.8 Å². The van der Waals surface area contributed by atoms with E-state index in [1.165, 1.54) is 6.07 Å². The minimum atomic E-state index is -0.503. The molecular weight excluding hydrogens is 285 g/mol. The Balaban J connectivity index is 2.94. The van der Waals surface area contributed by atoms with Gasteiger partial charge in [0.1, 0.15) is 11.6 Å². The van der Waals surface area contributed by atoms with Crippen LogP contribution in [0.5, 0.6) is 0 Å². The fourth-order valence-electron chi connectivity index (χ4n) is 1.25. The molecule has 2 aromatic carbocycles. The summed E-state index contributed by atoms with van der Waals surface area (Å²) in [5.74, 6) is -0.979. The van der Waals surface area contributed by atoms with Crippen LogP contribution >= 0.6 is 22.6 Å². The van der Waals surface area contributed by atoms with Crippen LogP contribution in [0.2, 0.25) is 0 Å². The second-order valence-corrected chi connectivity index (χ2v) is 3.79. The lowest BCUT2D eigenvalue weighted by Gasteiger charge is -2.02. The smallest absolute Gasteiger partial charge is 0.147 e. The highest BCUT2D eigenvalue weighted by Gasteiger charge is 2.09. The lowest BCUT2D eigenvalue weighted by atomic mass is 10.1. The molecule has 13 heavy (non-hydrogen) atoms. The summed E-state index contributed by atoms with van der Waals surface area (Å²) >= 11 is 1.67. The molecule has 0 saturated carbocycles. The zero-order chi connectivity index (χ0) is 9.42. The van der Waals surface area contributed by atoms with Gasteiger partial charge >= 0.3 is 0 Å². The van der Waals surface area contributed by atoms with Gasteiger partial charge in [0.05, 0.1) is 3.57 Å². The molecule has 0 bridgehead atoms. The van der Waals surface area contributed by atoms with Gasteiger partial charge < -0.3 is 0 Å². The Hall–Kier alpha value is -0.710. The second-order valence-electron chi connectivity index (χ2n) is 2.71. The van der Waals surface area contributed by atoms with Gasteiger partial charge in [0.15, 0.2) is 0 Å². The molecule has 2 rings (SSSR count). The van der Waals surface area contributed by atoms with Gasteiger partial charge in [-0.2, -0.15) is 0 Å². The van der Waals surface area contributed by atoms with Crippen LogP contribution in [0, 0.1) is 15.2 Å². The van der Waals surface area contributed by atoms with Crippen molar-refractivity contribution < 1.29 is 8.78 Å². The number of benzene rings is 2. The Morgan fingerprint density at radius 1 is 1.08 bits per heavy atom. The van der Waals surface area contributed by atoms with Crippen LogP contribution in [0.4, 0.5) is 8.78 Å². The van der Waals surface area contributed by atoms with Crippen molar-refractivity contribution >= 4 is 33.4 Å². The van der Waals surface area contributed by atoms with Crippen LogP contribution in [-0.4, -0.2) is 0 Å². The van der Waals surface area contributed by atoms with Crippen LogP contribution in [0.1, 0.15) is 0 Å². The number of rotatable bonds is 0. The van der Waals surface area contributed by atoms with Crippen molar-refractivity contribution in [2.45, 2.75) is 0 Å². The standard InChI is InChI=1S/C10H5F2I/c11-8-5-6-3-1-2-4-7(6)9(12)10(8)13/h1-5H. The van der Waals surface area contributed by atoms with Gasteiger partial charge in [-0.1, -0.05) is 24.3 Å². The minimum Gasteiger partial charge on any atom is -0.206 e. The third kappa shape index (κ3) is 1.41. The maximum absolute atomic E-state index is 13.4. The first-order valence-corrected chi connectivity index (χ1v) is 4.80. The lowest BCUT2D eigenvalue weighted by molar-refractivity contribution is 0.579. The van der Waals surface area contributed by atoms with Crippen molar-refractivity contribution in [2.75, 3.05) is 0 Å². The van der Waals surface area contributed by atoms with Crippen LogP contribution in [0.25, 0.3) is 10.8 Å². The summed E-state index contributed by atoms with van der Waals surface area (Å²) in [5.41, 5.74) is 0. The van der Waals surface area contributed by atoms with Crippen LogP contribution in [0.15, 0.2) is 30.3 Å². The predicted molar refractivity (Wildman–Crippen MR) is 56.6 cm³/mol. The molecule has 0 aromatic heterocycles. The molecule has 0 spiro atoms. The summed E-state index contributed by atoms with van der Waals surface area (Å²) in [6, 6.07) is 8.18. The zero-order valence-corrected chi connectivity index (χ0v) is 8.68. The van der Waals surface area contributed by atoms with Gasteiger partial charge in [0, 0.05) is 5.39 Å². The van der Waals surface area contributed by atoms with Gasteiger partial charge in [0.25, 0.3) is 0 Å². The summed E-state index contributed by atoms with van der Waals surface area (Å²) in [7, 11) is 0. The highest BCUT2D eigenvalue weighted by Crippen LogP contribution is 2.24. The normalized spacial score (nSPS) is 10.7. The number of halogens is 3. The zero-order valence-electron chi connectivity index (χ0n) is 6.52. The lowest BCUT2D eigenvalue weighted by Crippen LogP contribution is -1.89. The molecule has 0 aliphatic heterocycles. The maximum Gasteiger partial charge on any atom is 0.147 e. The van der Waals surface area contributed by atoms with Crippen molar-refractivity contribution in [2.24, 2.45) is 0 Å². The molecule has 0 saturated heterocycles. The van der Waals surface area contributed by atoms with Crippen molar-refractivity contribution in [3.8, 4) is 0 Å². The van der Waals surface area contributed by atoms with E-state index < -0.39 is 11.6 Å². The first kappa shape index (κ1) is 8.87. The van der Waals surface area contributed by atoms with Gasteiger partial charge in [-0.25, -0.2) is 8.78 Å². The highest BCUT2D eigenvalue weighted by atomic mass is 127. The fraction of sp³-hybridized carbons (Fsp3) is 0. The highest BCUT2D eigenvalue weighted by molar-refractivity contribution is 14.1. The molecule has 0 radical (unpaired) electrons. The molecule has 2 aromatic rings. The Labute approximate surface area is 87.7 Å². The quantitative estimate of drug-likeness (QED) is 0.512. The van der Waals surface area contributed by atoms with E-state index in [0.717, 1.165) is 0 Å². The molecule has 0 atom stereocenters. The van der Waals surface area contributed by atoms with Gasteiger partial charge in [-0.05, 0) is 34.0 Å². The third-order valence-corrected chi connectivity index (χ3v) is 2.87. The van der Waals surface area contributed by atoms with Gasteiger partial charge in [0.2, 0.25) is 0 Å².